The van der Waals surface area contributed by atoms with Gasteiger partial charge in [-0.25, -0.2) is 0 Å². The Kier molecular flexibility index (Phi) is 4.11. The lowest BCUT2D eigenvalue weighted by Gasteiger charge is -2.14. The minimum Gasteiger partial charge on any atom is -0.468 e. The molecule has 0 spiro atoms. The van der Waals surface area contributed by atoms with Gasteiger partial charge < -0.3 is 14.8 Å². The monoisotopic (exact) mass is 227 g/mol. The molecular weight excluding hydrogens is 210 g/mol. The first-order chi connectivity index (χ1) is 7.38. The number of aliphatic hydroxyl groups excluding tert-OH is 1. The van der Waals surface area contributed by atoms with Gasteiger partial charge in [-0.05, 0) is 25.0 Å². The van der Waals surface area contributed by atoms with Crippen LogP contribution in [0, 0.1) is 0 Å². The fraction of sp³-hybridized carbons (Fsp3) is 0.636. The molecule has 2 N–H and O–H groups in total. The molecule has 1 aliphatic carbocycles. The fourth-order valence-electron chi connectivity index (χ4n) is 1.43. The summed E-state index contributed by atoms with van der Waals surface area (Å²) in [4.78, 5) is 0. The van der Waals surface area contributed by atoms with E-state index in [0.29, 0.717) is 6.04 Å². The normalized spacial score (nSPS) is 17.9. The molecule has 1 aliphatic rings. The molecule has 1 atom stereocenters. The Labute approximate surface area is 94.2 Å². The maximum absolute atomic E-state index is 9.16. The number of hydrogen-bond acceptors (Lipinski definition) is 4. The number of thioether (sulfide) groups is 1. The van der Waals surface area contributed by atoms with Crippen molar-refractivity contribution in [1.82, 2.24) is 5.32 Å². The summed E-state index contributed by atoms with van der Waals surface area (Å²) in [6.45, 7) is 0.224. The molecule has 0 aliphatic heterocycles. The highest BCUT2D eigenvalue weighted by atomic mass is 32.2. The lowest BCUT2D eigenvalue weighted by Crippen LogP contribution is -2.36. The van der Waals surface area contributed by atoms with Crippen LogP contribution in [0.25, 0.3) is 0 Å². The molecule has 1 fully saturated rings. The molecule has 1 unspecified atom stereocenters. The zero-order valence-corrected chi connectivity index (χ0v) is 9.50. The Morgan fingerprint density at radius 3 is 3.07 bits per heavy atom. The topological polar surface area (TPSA) is 45.4 Å². The van der Waals surface area contributed by atoms with Gasteiger partial charge in [-0.1, -0.05) is 0 Å². The van der Waals surface area contributed by atoms with Gasteiger partial charge in [-0.15, -0.1) is 0 Å². The number of furan rings is 1. The van der Waals surface area contributed by atoms with Gasteiger partial charge in [0.15, 0.2) is 0 Å². The number of rotatable bonds is 7. The van der Waals surface area contributed by atoms with Crippen molar-refractivity contribution in [2.24, 2.45) is 0 Å². The minimum absolute atomic E-state index is 0.224. The maximum Gasteiger partial charge on any atom is 0.113 e. The summed E-state index contributed by atoms with van der Waals surface area (Å²) in [5.41, 5.74) is 0. The zero-order chi connectivity index (χ0) is 10.5. The molecule has 0 saturated heterocycles. The summed E-state index contributed by atoms with van der Waals surface area (Å²) in [6.07, 6.45) is 4.22. The standard InChI is InChI=1S/C11H17NO2S/c13-6-10(12-9-3-4-9)7-15-8-11-2-1-5-14-11/h1-2,5,9-10,12-13H,3-4,6-8H2. The molecule has 0 amide bonds. The van der Waals surface area contributed by atoms with Gasteiger partial charge in [0.25, 0.3) is 0 Å². The van der Waals surface area contributed by atoms with Gasteiger partial charge in [0.05, 0.1) is 18.6 Å². The highest BCUT2D eigenvalue weighted by Gasteiger charge is 2.23. The third-order valence-electron chi connectivity index (χ3n) is 2.41. The van der Waals surface area contributed by atoms with Crippen molar-refractivity contribution in [3.05, 3.63) is 24.2 Å². The van der Waals surface area contributed by atoms with Crippen LogP contribution in [0.2, 0.25) is 0 Å². The molecule has 84 valence electrons. The fourth-order valence-corrected chi connectivity index (χ4v) is 2.40. The number of hydrogen-bond donors (Lipinski definition) is 2. The summed E-state index contributed by atoms with van der Waals surface area (Å²) in [5, 5.41) is 12.6. The number of nitrogens with one attached hydrogen (secondary N) is 1. The van der Waals surface area contributed by atoms with Crippen molar-refractivity contribution in [1.29, 1.82) is 0 Å². The Balaban J connectivity index is 1.62. The Hall–Kier alpha value is -0.450. The molecule has 1 saturated carbocycles. The molecule has 3 nitrogen and oxygen atoms in total. The van der Waals surface area contributed by atoms with Crippen LogP contribution in [-0.4, -0.2) is 29.5 Å². The zero-order valence-electron chi connectivity index (χ0n) is 8.69. The van der Waals surface area contributed by atoms with Gasteiger partial charge in [-0.3, -0.25) is 0 Å². The molecule has 1 heterocycles. The molecular formula is C11H17NO2S. The molecule has 1 aromatic rings. The largest absolute Gasteiger partial charge is 0.468 e. The van der Waals surface area contributed by atoms with E-state index in [-0.39, 0.29) is 12.6 Å². The van der Waals surface area contributed by atoms with E-state index in [2.05, 4.69) is 5.32 Å². The van der Waals surface area contributed by atoms with E-state index in [0.717, 1.165) is 17.3 Å². The lowest BCUT2D eigenvalue weighted by molar-refractivity contribution is 0.253. The first kappa shape index (κ1) is 11.0. The smallest absolute Gasteiger partial charge is 0.113 e. The highest BCUT2D eigenvalue weighted by molar-refractivity contribution is 7.98. The van der Waals surface area contributed by atoms with Crippen LogP contribution in [0.15, 0.2) is 22.8 Å². The van der Waals surface area contributed by atoms with E-state index < -0.39 is 0 Å². The van der Waals surface area contributed by atoms with Crippen LogP contribution >= 0.6 is 11.8 Å². The molecule has 2 rings (SSSR count). The molecule has 0 bridgehead atoms. The third-order valence-corrected chi connectivity index (χ3v) is 3.54. The second-order valence-corrected chi connectivity index (χ2v) is 4.95. The molecule has 4 heteroatoms. The van der Waals surface area contributed by atoms with Crippen LogP contribution in [0.5, 0.6) is 0 Å². The van der Waals surface area contributed by atoms with Crippen molar-refractivity contribution >= 4 is 11.8 Å². The second kappa shape index (κ2) is 5.58. The quantitative estimate of drug-likeness (QED) is 0.743. The van der Waals surface area contributed by atoms with Crippen molar-refractivity contribution < 1.29 is 9.52 Å². The minimum atomic E-state index is 0.224. The Morgan fingerprint density at radius 1 is 1.60 bits per heavy atom. The van der Waals surface area contributed by atoms with E-state index in [1.165, 1.54) is 12.8 Å². The summed E-state index contributed by atoms with van der Waals surface area (Å²) in [5.74, 6) is 2.83. The van der Waals surface area contributed by atoms with E-state index in [9.17, 15) is 0 Å². The molecule has 15 heavy (non-hydrogen) atoms. The SMILES string of the molecule is OCC(CSCc1ccco1)NC1CC1. The second-order valence-electron chi connectivity index (χ2n) is 3.91. The summed E-state index contributed by atoms with van der Waals surface area (Å²) >= 11 is 1.80. The van der Waals surface area contributed by atoms with E-state index in [1.54, 1.807) is 18.0 Å². The first-order valence-corrected chi connectivity index (χ1v) is 6.51. The molecule has 1 aromatic heterocycles. The average Bonchev–Trinajstić information content (AvgIpc) is 2.91. The predicted octanol–water partition coefficient (Wildman–Crippen LogP) is 1.63. The molecule has 0 radical (unpaired) electrons. The van der Waals surface area contributed by atoms with Crippen molar-refractivity contribution in [2.75, 3.05) is 12.4 Å². The highest BCUT2D eigenvalue weighted by Crippen LogP contribution is 2.21. The summed E-state index contributed by atoms with van der Waals surface area (Å²) in [7, 11) is 0. The van der Waals surface area contributed by atoms with Gasteiger partial charge >= 0.3 is 0 Å². The first-order valence-electron chi connectivity index (χ1n) is 5.35. The van der Waals surface area contributed by atoms with Crippen LogP contribution in [0.4, 0.5) is 0 Å². The van der Waals surface area contributed by atoms with Gasteiger partial charge in [0, 0.05) is 17.8 Å². The molecule has 0 aromatic carbocycles. The predicted molar refractivity (Wildman–Crippen MR) is 61.9 cm³/mol. The van der Waals surface area contributed by atoms with Gasteiger partial charge in [-0.2, -0.15) is 11.8 Å². The van der Waals surface area contributed by atoms with E-state index in [1.807, 2.05) is 12.1 Å². The lowest BCUT2D eigenvalue weighted by atomic mass is 10.3. The maximum atomic E-state index is 9.16. The van der Waals surface area contributed by atoms with Crippen LogP contribution in [0.1, 0.15) is 18.6 Å². The number of aliphatic hydroxyl groups is 1. The summed E-state index contributed by atoms with van der Waals surface area (Å²) < 4.78 is 5.24. The summed E-state index contributed by atoms with van der Waals surface area (Å²) in [6, 6.07) is 4.78. The van der Waals surface area contributed by atoms with Gasteiger partial charge in [0.1, 0.15) is 5.76 Å². The average molecular weight is 227 g/mol. The van der Waals surface area contributed by atoms with Crippen molar-refractivity contribution in [3.8, 4) is 0 Å². The van der Waals surface area contributed by atoms with E-state index in [4.69, 9.17) is 9.52 Å². The van der Waals surface area contributed by atoms with Crippen molar-refractivity contribution in [3.63, 3.8) is 0 Å². The van der Waals surface area contributed by atoms with Crippen LogP contribution < -0.4 is 5.32 Å². The van der Waals surface area contributed by atoms with E-state index >= 15 is 0 Å². The van der Waals surface area contributed by atoms with Crippen LogP contribution in [0.3, 0.4) is 0 Å². The van der Waals surface area contributed by atoms with Gasteiger partial charge in [0.2, 0.25) is 0 Å². The van der Waals surface area contributed by atoms with Crippen molar-refractivity contribution in [2.45, 2.75) is 30.7 Å². The Bertz CT molecular complexity index is 272. The Morgan fingerprint density at radius 2 is 2.47 bits per heavy atom. The third kappa shape index (κ3) is 3.89. The van der Waals surface area contributed by atoms with Crippen LogP contribution in [-0.2, 0) is 5.75 Å².